The van der Waals surface area contributed by atoms with E-state index in [0.29, 0.717) is 0 Å². The van der Waals surface area contributed by atoms with Gasteiger partial charge in [-0.1, -0.05) is 21.0 Å². The van der Waals surface area contributed by atoms with Crippen molar-refractivity contribution < 1.29 is 8.87 Å². The predicted octanol–water partition coefficient (Wildman–Crippen LogP) is 2.36. The first-order valence-electron chi connectivity index (χ1n) is 3.10. The first kappa shape index (κ1) is 7.49. The molecular weight excluding hydrogens is 186 g/mol. The van der Waals surface area contributed by atoms with Crippen LogP contribution in [0.25, 0.3) is 10.9 Å². The van der Waals surface area contributed by atoms with Crippen molar-refractivity contribution in [2.45, 2.75) is 0 Å². The van der Waals surface area contributed by atoms with Crippen molar-refractivity contribution in [1.29, 1.82) is 0 Å². The molecule has 5 heteroatoms. The summed E-state index contributed by atoms with van der Waals surface area (Å²) >= 11 is 5.44. The Morgan fingerprint density at radius 2 is 2.25 bits per heavy atom. The quantitative estimate of drug-likeness (QED) is 0.619. The van der Waals surface area contributed by atoms with E-state index in [4.69, 9.17) is 11.6 Å². The van der Waals surface area contributed by atoms with Gasteiger partial charge in [0.1, 0.15) is 11.7 Å². The van der Waals surface area contributed by atoms with Gasteiger partial charge in [-0.05, 0) is 12.1 Å². The van der Waals surface area contributed by atoms with E-state index in [0.717, 1.165) is 0 Å². The third-order valence-corrected chi connectivity index (χ3v) is 1.81. The Labute approximate surface area is 71.3 Å². The van der Waals surface area contributed by atoms with Crippen molar-refractivity contribution in [2.24, 2.45) is 0 Å². The molecule has 1 aromatic heterocycles. The first-order valence-corrected chi connectivity index (χ1v) is 3.48. The maximum Gasteiger partial charge on any atom is 0.153 e. The summed E-state index contributed by atoms with van der Waals surface area (Å²) in [6, 6.07) is 2.61. The zero-order chi connectivity index (χ0) is 8.72. The fraction of sp³-hybridized carbons (Fsp3) is 0. The molecule has 0 spiro atoms. The van der Waals surface area contributed by atoms with Gasteiger partial charge in [-0.15, -0.1) is 5.10 Å². The lowest BCUT2D eigenvalue weighted by molar-refractivity contribution is 0.332. The molecule has 0 saturated carbocycles. The van der Waals surface area contributed by atoms with Gasteiger partial charge in [0.2, 0.25) is 0 Å². The molecule has 2 nitrogen and oxygen atoms in total. The average molecular weight is 188 g/mol. The summed E-state index contributed by atoms with van der Waals surface area (Å²) in [6.45, 7) is 0. The van der Waals surface area contributed by atoms with Crippen molar-refractivity contribution >= 4 is 22.5 Å². The van der Waals surface area contributed by atoms with Crippen molar-refractivity contribution in [3.63, 3.8) is 0 Å². The van der Waals surface area contributed by atoms with Gasteiger partial charge in [0.25, 0.3) is 0 Å². The van der Waals surface area contributed by atoms with E-state index < -0.39 is 5.82 Å². The lowest BCUT2D eigenvalue weighted by atomic mass is 10.2. The van der Waals surface area contributed by atoms with Gasteiger partial charge >= 0.3 is 0 Å². The van der Waals surface area contributed by atoms with E-state index in [1.54, 1.807) is 0 Å². The summed E-state index contributed by atoms with van der Waals surface area (Å²) in [4.78, 5) is 0.0503. The van der Waals surface area contributed by atoms with Crippen LogP contribution in [0.3, 0.4) is 0 Å². The number of rotatable bonds is 0. The highest BCUT2D eigenvalue weighted by Crippen LogP contribution is 2.23. The van der Waals surface area contributed by atoms with Crippen molar-refractivity contribution in [3.8, 4) is 0 Å². The van der Waals surface area contributed by atoms with Crippen LogP contribution in [0, 0.1) is 12.0 Å². The molecule has 0 bridgehead atoms. The fourth-order valence-electron chi connectivity index (χ4n) is 0.948. The number of fused-ring (bicyclic) bond motifs is 1. The molecule has 0 amide bonds. The molecule has 0 aliphatic heterocycles. The van der Waals surface area contributed by atoms with E-state index in [1.165, 1.54) is 12.1 Å². The summed E-state index contributed by atoms with van der Waals surface area (Å²) in [5.74, 6) is -0.696. The van der Waals surface area contributed by atoms with Crippen LogP contribution in [-0.4, -0.2) is 10.0 Å². The van der Waals surface area contributed by atoms with Crippen LogP contribution in [0.1, 0.15) is 0 Å². The molecule has 0 aliphatic carbocycles. The number of hydrogen-bond donors (Lipinski definition) is 0. The molecule has 0 N–H and O–H groups in total. The molecule has 1 radical (unpaired) electrons. The van der Waals surface area contributed by atoms with Crippen LogP contribution >= 0.6 is 11.6 Å². The van der Waals surface area contributed by atoms with E-state index in [1.807, 2.05) is 0 Å². The third kappa shape index (κ3) is 0.881. The second-order valence-electron chi connectivity index (χ2n) is 2.23. The topological polar surface area (TPSA) is 17.8 Å². The predicted molar refractivity (Wildman–Crippen MR) is 40.0 cm³/mol. The normalized spacial score (nSPS) is 10.9. The van der Waals surface area contributed by atoms with Crippen molar-refractivity contribution in [1.82, 2.24) is 10.0 Å². The highest BCUT2D eigenvalue weighted by Gasteiger charge is 2.10. The Bertz CT molecular complexity index is 438. The second-order valence-corrected chi connectivity index (χ2v) is 2.63. The number of nitrogens with zero attached hydrogens (tertiary/aromatic N) is 2. The van der Waals surface area contributed by atoms with Crippen LogP contribution < -0.4 is 0 Å². The molecule has 1 heterocycles. The van der Waals surface area contributed by atoms with Gasteiger partial charge < -0.3 is 0 Å². The third-order valence-electron chi connectivity index (χ3n) is 1.52. The Balaban J connectivity index is 2.93. The summed E-state index contributed by atoms with van der Waals surface area (Å²) in [7, 11) is 0. The van der Waals surface area contributed by atoms with Crippen LogP contribution in [0.2, 0.25) is 5.02 Å². The maximum atomic E-state index is 13.0. The minimum atomic E-state index is -0.696. The van der Waals surface area contributed by atoms with Gasteiger partial charge in [0, 0.05) is 0 Å². The monoisotopic (exact) mass is 187 g/mol. The average Bonchev–Trinajstić information content (AvgIpc) is 2.41. The lowest BCUT2D eigenvalue weighted by Gasteiger charge is -1.93. The van der Waals surface area contributed by atoms with Gasteiger partial charge in [-0.25, -0.2) is 4.39 Å². The lowest BCUT2D eigenvalue weighted by Crippen LogP contribution is -1.83. The Kier molecular flexibility index (Phi) is 1.51. The zero-order valence-corrected chi connectivity index (χ0v) is 6.44. The highest BCUT2D eigenvalue weighted by molar-refractivity contribution is 6.31. The minimum Gasteiger partial charge on any atom is -0.205 e. The number of benzene rings is 1. The standard InChI is InChI=1S/C7H2ClF2N2/c8-5-1-2-6-4(7(5)9)3-11-12(6)10/h1-2H. The molecular formula is C7H2ClF2N2. The van der Waals surface area contributed by atoms with Crippen molar-refractivity contribution in [2.75, 3.05) is 0 Å². The molecule has 61 valence electrons. The first-order chi connectivity index (χ1) is 5.70. The molecule has 2 rings (SSSR count). The van der Waals surface area contributed by atoms with E-state index in [9.17, 15) is 8.87 Å². The summed E-state index contributed by atoms with van der Waals surface area (Å²) < 4.78 is 25.7. The number of hydrogen-bond acceptors (Lipinski definition) is 1. The fourth-order valence-corrected chi connectivity index (χ4v) is 1.11. The summed E-state index contributed by atoms with van der Waals surface area (Å²) in [6.07, 6.45) is 2.18. The molecule has 0 fully saturated rings. The highest BCUT2D eigenvalue weighted by atomic mass is 35.5. The Morgan fingerprint density at radius 3 is 3.00 bits per heavy atom. The van der Waals surface area contributed by atoms with Gasteiger partial charge in [-0.2, -0.15) is 0 Å². The Morgan fingerprint density at radius 1 is 1.50 bits per heavy atom. The second kappa shape index (κ2) is 2.42. The molecule has 2 aromatic rings. The molecule has 1 aromatic carbocycles. The van der Waals surface area contributed by atoms with Gasteiger partial charge in [0.05, 0.1) is 10.4 Å². The summed E-state index contributed by atoms with van der Waals surface area (Å²) in [5.41, 5.74) is 0.0249. The number of halogens is 3. The largest absolute Gasteiger partial charge is 0.205 e. The molecule has 0 unspecified atom stereocenters. The van der Waals surface area contributed by atoms with E-state index in [-0.39, 0.29) is 20.8 Å². The molecule has 0 atom stereocenters. The van der Waals surface area contributed by atoms with Crippen LogP contribution in [0.15, 0.2) is 12.1 Å². The zero-order valence-electron chi connectivity index (χ0n) is 5.68. The van der Waals surface area contributed by atoms with Crippen molar-refractivity contribution in [3.05, 3.63) is 29.2 Å². The smallest absolute Gasteiger partial charge is 0.153 e. The van der Waals surface area contributed by atoms with E-state index in [2.05, 4.69) is 11.3 Å². The number of aromatic nitrogens is 2. The van der Waals surface area contributed by atoms with Crippen LogP contribution in [0.4, 0.5) is 8.87 Å². The Hall–Kier alpha value is -1.16. The summed E-state index contributed by atoms with van der Waals surface area (Å²) in [5, 5.41) is 3.02. The van der Waals surface area contributed by atoms with E-state index >= 15 is 0 Å². The van der Waals surface area contributed by atoms with Gasteiger partial charge in [0.15, 0.2) is 5.82 Å². The maximum absolute atomic E-state index is 13.0. The van der Waals surface area contributed by atoms with Gasteiger partial charge in [-0.3, -0.25) is 0 Å². The molecule has 0 aliphatic rings. The molecule has 0 saturated heterocycles. The minimum absolute atomic E-state index is 0.0249. The van der Waals surface area contributed by atoms with Crippen LogP contribution in [0.5, 0.6) is 0 Å². The molecule has 12 heavy (non-hydrogen) atoms. The SMILES string of the molecule is Fc1c(Cl)ccc2c1[c]nn2F. The van der Waals surface area contributed by atoms with Crippen LogP contribution in [-0.2, 0) is 0 Å².